The number of esters is 1. The van der Waals surface area contributed by atoms with Crippen LogP contribution in [-0.4, -0.2) is 85.9 Å². The molecule has 0 aliphatic heterocycles. The van der Waals surface area contributed by atoms with E-state index < -0.39 is 38.7 Å². The van der Waals surface area contributed by atoms with Crippen LogP contribution in [0.2, 0.25) is 18.1 Å². The van der Waals surface area contributed by atoms with Gasteiger partial charge in [-0.25, -0.2) is 4.79 Å². The van der Waals surface area contributed by atoms with E-state index in [1.165, 1.54) is 32.0 Å². The number of halogens is 1. The molecule has 0 fully saturated rings. The molecule has 0 unspecified atom stereocenters. The quantitative estimate of drug-likeness (QED) is 0.128. The largest absolute Gasteiger partial charge is 0.543 e. The molecule has 45 heavy (non-hydrogen) atoms. The highest BCUT2D eigenvalue weighted by Gasteiger charge is 2.45. The molecule has 2 N–H and O–H groups in total. The molecule has 0 saturated heterocycles. The normalized spacial score (nSPS) is 12.4. The maximum absolute atomic E-state index is 13.4. The topological polar surface area (TPSA) is 153 Å². The van der Waals surface area contributed by atoms with Crippen molar-refractivity contribution >= 4 is 53.8 Å². The molecule has 0 radical (unpaired) electrons. The number of aliphatic hydroxyl groups excluding tert-OH is 1. The average molecular weight is 730 g/mol. The van der Waals surface area contributed by atoms with Gasteiger partial charge in [0.25, 0.3) is 8.32 Å². The number of aromatic nitrogens is 2. The number of hydrogen-bond donors (Lipinski definition) is 2. The van der Waals surface area contributed by atoms with Gasteiger partial charge in [0.2, 0.25) is 17.7 Å². The molecule has 0 aliphatic rings. The van der Waals surface area contributed by atoms with E-state index in [2.05, 4.69) is 78.8 Å². The zero-order valence-electron chi connectivity index (χ0n) is 27.5. The molecule has 1 heterocycles. The Morgan fingerprint density at radius 1 is 1.29 bits per heavy atom. The maximum Gasteiger partial charge on any atom is 0.340 e. The SMILES string of the molecule is C=CCOC(=O)c1c(Br)c(OC)cc(O[Si](C)(C)C(C)(C)C(C)C)c1CSC[C@H](NC(=O)CN(C)C(=O)CO)c1nc(C)no1. The Bertz CT molecular complexity index is 1370. The highest BCUT2D eigenvalue weighted by atomic mass is 79.9. The van der Waals surface area contributed by atoms with Crippen molar-refractivity contribution in [3.8, 4) is 11.5 Å². The first kappa shape index (κ1) is 38.3. The lowest BCUT2D eigenvalue weighted by Gasteiger charge is -2.43. The van der Waals surface area contributed by atoms with Crippen LogP contribution in [0.5, 0.6) is 11.5 Å². The van der Waals surface area contributed by atoms with Gasteiger partial charge in [0, 0.05) is 30.2 Å². The third-order valence-electron chi connectivity index (χ3n) is 8.06. The Labute approximate surface area is 278 Å². The molecule has 250 valence electrons. The monoisotopic (exact) mass is 728 g/mol. The van der Waals surface area contributed by atoms with Crippen LogP contribution in [-0.2, 0) is 20.1 Å². The highest BCUT2D eigenvalue weighted by molar-refractivity contribution is 9.10. The number of ether oxygens (including phenoxy) is 2. The second-order valence-electron chi connectivity index (χ2n) is 11.8. The average Bonchev–Trinajstić information content (AvgIpc) is 3.41. The van der Waals surface area contributed by atoms with Crippen molar-refractivity contribution < 1.29 is 37.9 Å². The predicted molar refractivity (Wildman–Crippen MR) is 179 cm³/mol. The lowest BCUT2D eigenvalue weighted by atomic mass is 9.99. The van der Waals surface area contributed by atoms with Gasteiger partial charge in [-0.1, -0.05) is 45.5 Å². The van der Waals surface area contributed by atoms with Crippen molar-refractivity contribution in [1.29, 1.82) is 0 Å². The Morgan fingerprint density at radius 3 is 2.49 bits per heavy atom. The molecular weight excluding hydrogens is 684 g/mol. The molecule has 2 aromatic rings. The summed E-state index contributed by atoms with van der Waals surface area (Å²) in [6, 6.07) is 1.07. The van der Waals surface area contributed by atoms with Crippen LogP contribution < -0.4 is 14.5 Å². The van der Waals surface area contributed by atoms with E-state index in [-0.39, 0.29) is 41.1 Å². The van der Waals surface area contributed by atoms with Crippen molar-refractivity contribution in [3.05, 3.63) is 46.0 Å². The number of benzene rings is 1. The van der Waals surface area contributed by atoms with Gasteiger partial charge in [-0.05, 0) is 46.9 Å². The number of likely N-dealkylation sites (N-methyl/N-ethyl adjacent to an activating group) is 1. The lowest BCUT2D eigenvalue weighted by Crippen LogP contribution is -2.48. The Kier molecular flexibility index (Phi) is 14.1. The van der Waals surface area contributed by atoms with Crippen LogP contribution in [0.15, 0.2) is 27.7 Å². The Balaban J connectivity index is 2.52. The van der Waals surface area contributed by atoms with Gasteiger partial charge in [-0.15, -0.1) is 0 Å². The summed E-state index contributed by atoms with van der Waals surface area (Å²) in [6.07, 6.45) is 1.49. The van der Waals surface area contributed by atoms with Crippen LogP contribution in [0.1, 0.15) is 61.4 Å². The second-order valence-corrected chi connectivity index (χ2v) is 18.2. The fourth-order valence-corrected chi connectivity index (χ4v) is 8.26. The fraction of sp³-hybridized carbons (Fsp3) is 0.567. The highest BCUT2D eigenvalue weighted by Crippen LogP contribution is 2.47. The first-order valence-corrected chi connectivity index (χ1v) is 19.2. The lowest BCUT2D eigenvalue weighted by molar-refractivity contribution is -0.137. The number of nitrogens with one attached hydrogen (secondary N) is 1. The summed E-state index contributed by atoms with van der Waals surface area (Å²) in [7, 11) is 0.482. The summed E-state index contributed by atoms with van der Waals surface area (Å²) in [5.41, 5.74) is 0.867. The van der Waals surface area contributed by atoms with E-state index in [9.17, 15) is 14.4 Å². The number of hydrogen-bond acceptors (Lipinski definition) is 11. The standard InChI is InChI=1S/C30H45BrN4O8SSi/c1-11-12-41-29(39)26-20(22(13-23(40-8)27(26)31)43-45(9,10)30(5,6)18(2)3)16-44-17-21(28-32-19(4)34-42-28)33-24(37)14-35(7)25(38)15-36/h11,13,18,21,36H,1,12,14-17H2,2-10H3,(H,33,37)/t21-/m0/s1. The minimum atomic E-state index is -2.45. The van der Waals surface area contributed by atoms with E-state index in [0.717, 1.165) is 4.90 Å². The zero-order valence-corrected chi connectivity index (χ0v) is 30.9. The minimum absolute atomic E-state index is 0.0176. The molecule has 0 bridgehead atoms. The third-order valence-corrected chi connectivity index (χ3v) is 14.3. The summed E-state index contributed by atoms with van der Waals surface area (Å²) in [5, 5.41) is 15.7. The van der Waals surface area contributed by atoms with Crippen LogP contribution >= 0.6 is 27.7 Å². The van der Waals surface area contributed by atoms with E-state index in [1.807, 2.05) is 0 Å². The van der Waals surface area contributed by atoms with E-state index in [1.54, 1.807) is 13.0 Å². The van der Waals surface area contributed by atoms with Crippen LogP contribution in [0.4, 0.5) is 0 Å². The summed E-state index contributed by atoms with van der Waals surface area (Å²) in [6.45, 7) is 17.4. The van der Waals surface area contributed by atoms with E-state index in [0.29, 0.717) is 33.3 Å². The van der Waals surface area contributed by atoms with Crippen molar-refractivity contribution in [1.82, 2.24) is 20.4 Å². The molecule has 2 amide bonds. The Hall–Kier alpha value is -2.88. The first-order valence-electron chi connectivity index (χ1n) is 14.4. The zero-order chi connectivity index (χ0) is 34.1. The first-order chi connectivity index (χ1) is 21.0. The summed E-state index contributed by atoms with van der Waals surface area (Å²) >= 11 is 4.95. The molecule has 2 rings (SSSR count). The van der Waals surface area contributed by atoms with Crippen molar-refractivity contribution in [2.75, 3.05) is 39.7 Å². The number of rotatable bonds is 17. The molecule has 12 nitrogen and oxygen atoms in total. The summed E-state index contributed by atoms with van der Waals surface area (Å²) < 4.78 is 23.8. The van der Waals surface area contributed by atoms with Crippen LogP contribution in [0, 0.1) is 12.8 Å². The molecule has 1 aromatic heterocycles. The number of aliphatic hydroxyl groups is 1. The molecule has 0 aliphatic carbocycles. The van der Waals surface area contributed by atoms with Crippen LogP contribution in [0.25, 0.3) is 0 Å². The van der Waals surface area contributed by atoms with Gasteiger partial charge < -0.3 is 33.7 Å². The van der Waals surface area contributed by atoms with E-state index in [4.69, 9.17) is 23.5 Å². The van der Waals surface area contributed by atoms with Crippen molar-refractivity contribution in [2.24, 2.45) is 5.92 Å². The smallest absolute Gasteiger partial charge is 0.340 e. The van der Waals surface area contributed by atoms with Crippen LogP contribution in [0.3, 0.4) is 0 Å². The van der Waals surface area contributed by atoms with E-state index >= 15 is 0 Å². The number of carbonyl (C=O) groups excluding carboxylic acids is 3. The number of carbonyl (C=O) groups is 3. The van der Waals surface area contributed by atoms with Gasteiger partial charge >= 0.3 is 5.97 Å². The number of amides is 2. The molecule has 15 heteroatoms. The molecule has 0 saturated carbocycles. The third kappa shape index (κ3) is 9.80. The van der Waals surface area contributed by atoms with Gasteiger partial charge in [-0.2, -0.15) is 16.7 Å². The predicted octanol–water partition coefficient (Wildman–Crippen LogP) is 5.05. The Morgan fingerprint density at radius 2 is 1.96 bits per heavy atom. The number of aryl methyl sites for hydroxylation is 1. The van der Waals surface area contributed by atoms with Gasteiger partial charge in [0.15, 0.2) is 5.82 Å². The second kappa shape index (κ2) is 16.6. The summed E-state index contributed by atoms with van der Waals surface area (Å²) in [5.74, 6) is 0.761. The molecular formula is C30H45BrN4O8SSi. The fourth-order valence-electron chi connectivity index (χ4n) is 4.12. The number of nitrogens with zero attached hydrogens (tertiary/aromatic N) is 3. The minimum Gasteiger partial charge on any atom is -0.543 e. The molecule has 1 atom stereocenters. The van der Waals surface area contributed by atoms with Gasteiger partial charge in [-0.3, -0.25) is 9.59 Å². The molecule has 0 spiro atoms. The van der Waals surface area contributed by atoms with Crippen molar-refractivity contribution in [3.63, 3.8) is 0 Å². The maximum atomic E-state index is 13.4. The summed E-state index contributed by atoms with van der Waals surface area (Å²) in [4.78, 5) is 43.4. The van der Waals surface area contributed by atoms with Gasteiger partial charge in [0.05, 0.1) is 23.7 Å². The van der Waals surface area contributed by atoms with Crippen molar-refractivity contribution in [2.45, 2.75) is 64.5 Å². The number of thioether (sulfide) groups is 1. The molecule has 1 aromatic carbocycles. The van der Waals surface area contributed by atoms with Gasteiger partial charge in [0.1, 0.15) is 30.8 Å². The number of methoxy groups -OCH3 is 1.